The summed E-state index contributed by atoms with van der Waals surface area (Å²) in [5.74, 6) is 0.340. The fourth-order valence-electron chi connectivity index (χ4n) is 1.32. The number of rotatable bonds is 4. The first-order valence-electron chi connectivity index (χ1n) is 4.99. The van der Waals surface area contributed by atoms with E-state index in [-0.39, 0.29) is 5.82 Å². The molecule has 0 bridgehead atoms. The van der Waals surface area contributed by atoms with E-state index >= 15 is 0 Å². The van der Waals surface area contributed by atoms with Crippen LogP contribution in [0, 0.1) is 5.82 Å². The Balaban J connectivity index is 2.06. The van der Waals surface area contributed by atoms with Gasteiger partial charge in [0.2, 0.25) is 0 Å². The predicted molar refractivity (Wildman–Crippen MR) is 69.5 cm³/mol. The van der Waals surface area contributed by atoms with Crippen LogP contribution in [0.3, 0.4) is 0 Å². The van der Waals surface area contributed by atoms with Crippen LogP contribution < -0.4 is 4.74 Å². The molecule has 2 rings (SSSR count). The molecule has 1 aromatic heterocycles. The molecule has 0 saturated carbocycles. The molecular formula is C13H10ClFOS. The van der Waals surface area contributed by atoms with Crippen molar-refractivity contribution in [1.82, 2.24) is 0 Å². The highest BCUT2D eigenvalue weighted by Gasteiger charge is 2.03. The highest BCUT2D eigenvalue weighted by atomic mass is 35.5. The van der Waals surface area contributed by atoms with Gasteiger partial charge in [0, 0.05) is 16.3 Å². The first-order valence-corrected chi connectivity index (χ1v) is 6.18. The van der Waals surface area contributed by atoms with Crippen molar-refractivity contribution in [1.29, 1.82) is 0 Å². The first-order chi connectivity index (χ1) is 8.13. The van der Waals surface area contributed by atoms with E-state index in [0.29, 0.717) is 17.2 Å². The summed E-state index contributed by atoms with van der Waals surface area (Å²) < 4.78 is 18.3. The van der Waals surface area contributed by atoms with Gasteiger partial charge >= 0.3 is 0 Å². The lowest BCUT2D eigenvalue weighted by molar-refractivity contribution is 0.494. The van der Waals surface area contributed by atoms with Gasteiger partial charge in [0.1, 0.15) is 11.6 Å². The molecular weight excluding hydrogens is 259 g/mol. The lowest BCUT2D eigenvalue weighted by Crippen LogP contribution is -1.80. The van der Waals surface area contributed by atoms with E-state index in [0.717, 1.165) is 9.94 Å². The fourth-order valence-corrected chi connectivity index (χ4v) is 2.45. The Morgan fingerprint density at radius 1 is 1.24 bits per heavy atom. The van der Waals surface area contributed by atoms with Gasteiger partial charge in [-0.3, -0.25) is 0 Å². The third-order valence-corrected chi connectivity index (χ3v) is 3.13. The molecule has 1 aromatic carbocycles. The third-order valence-electron chi connectivity index (χ3n) is 2.04. The summed E-state index contributed by atoms with van der Waals surface area (Å²) in [5.41, 5.74) is 0. The van der Waals surface area contributed by atoms with Crippen molar-refractivity contribution in [3.05, 3.63) is 58.7 Å². The van der Waals surface area contributed by atoms with Crippen molar-refractivity contribution in [3.8, 4) is 10.8 Å². The Kier molecular flexibility index (Phi) is 3.82. The molecule has 88 valence electrons. The Labute approximate surface area is 108 Å². The summed E-state index contributed by atoms with van der Waals surface area (Å²) in [6.07, 6.45) is 0.638. The van der Waals surface area contributed by atoms with Crippen molar-refractivity contribution < 1.29 is 9.13 Å². The molecule has 2 aromatic rings. The van der Waals surface area contributed by atoms with Crippen LogP contribution in [0.15, 0.2) is 48.0 Å². The van der Waals surface area contributed by atoms with Crippen molar-refractivity contribution in [2.45, 2.75) is 6.42 Å². The molecule has 0 atom stereocenters. The number of halogens is 2. The summed E-state index contributed by atoms with van der Waals surface area (Å²) >= 11 is 7.23. The largest absolute Gasteiger partial charge is 0.447 e. The normalized spacial score (nSPS) is 10.2. The van der Waals surface area contributed by atoms with E-state index in [1.807, 2.05) is 12.1 Å². The average molecular weight is 269 g/mol. The van der Waals surface area contributed by atoms with Gasteiger partial charge in [-0.15, -0.1) is 11.3 Å². The van der Waals surface area contributed by atoms with Gasteiger partial charge in [0.05, 0.1) is 0 Å². The quantitative estimate of drug-likeness (QED) is 0.760. The molecule has 0 radical (unpaired) electrons. The van der Waals surface area contributed by atoms with Crippen molar-refractivity contribution in [2.75, 3.05) is 0 Å². The van der Waals surface area contributed by atoms with Crippen LogP contribution in [-0.2, 0) is 6.42 Å². The topological polar surface area (TPSA) is 9.23 Å². The van der Waals surface area contributed by atoms with E-state index in [1.165, 1.54) is 23.5 Å². The summed E-state index contributed by atoms with van der Waals surface area (Å²) in [5, 5.41) is 1.35. The number of thiophene rings is 1. The fraction of sp³-hybridized carbons (Fsp3) is 0.0769. The minimum atomic E-state index is -0.275. The molecule has 0 unspecified atom stereocenters. The molecule has 1 heterocycles. The average Bonchev–Trinajstić information content (AvgIpc) is 2.68. The molecule has 17 heavy (non-hydrogen) atoms. The zero-order chi connectivity index (χ0) is 12.3. The van der Waals surface area contributed by atoms with E-state index in [1.54, 1.807) is 12.1 Å². The summed E-state index contributed by atoms with van der Waals surface area (Å²) in [6, 6.07) is 9.72. The molecule has 0 aliphatic heterocycles. The number of benzene rings is 1. The lowest BCUT2D eigenvalue weighted by Gasteiger charge is -2.01. The van der Waals surface area contributed by atoms with Crippen LogP contribution in [0.5, 0.6) is 10.8 Å². The van der Waals surface area contributed by atoms with E-state index in [4.69, 9.17) is 16.3 Å². The van der Waals surface area contributed by atoms with Crippen LogP contribution in [-0.4, -0.2) is 0 Å². The van der Waals surface area contributed by atoms with Gasteiger partial charge in [0.15, 0.2) is 5.06 Å². The molecule has 4 heteroatoms. The van der Waals surface area contributed by atoms with Gasteiger partial charge in [-0.2, -0.15) is 0 Å². The Bertz CT molecular complexity index is 518. The zero-order valence-corrected chi connectivity index (χ0v) is 10.5. The predicted octanol–water partition coefficient (Wildman–Crippen LogP) is 4.97. The second-order valence-electron chi connectivity index (χ2n) is 3.47. The van der Waals surface area contributed by atoms with Crippen molar-refractivity contribution >= 4 is 22.9 Å². The molecule has 0 aliphatic rings. The third kappa shape index (κ3) is 3.58. The van der Waals surface area contributed by atoms with Crippen LogP contribution in [0.2, 0.25) is 0 Å². The highest BCUT2D eigenvalue weighted by molar-refractivity contribution is 7.13. The minimum absolute atomic E-state index is 0.275. The highest BCUT2D eigenvalue weighted by Crippen LogP contribution is 2.30. The van der Waals surface area contributed by atoms with Crippen LogP contribution in [0.25, 0.3) is 0 Å². The van der Waals surface area contributed by atoms with E-state index in [2.05, 4.69) is 6.58 Å². The molecule has 1 nitrogen and oxygen atoms in total. The van der Waals surface area contributed by atoms with Gasteiger partial charge < -0.3 is 4.74 Å². The molecule has 0 N–H and O–H groups in total. The monoisotopic (exact) mass is 268 g/mol. The maximum atomic E-state index is 12.7. The van der Waals surface area contributed by atoms with Crippen LogP contribution >= 0.6 is 22.9 Å². The number of ether oxygens (including phenoxy) is 1. The summed E-state index contributed by atoms with van der Waals surface area (Å²) in [7, 11) is 0. The second-order valence-corrected chi connectivity index (χ2v) is 5.14. The minimum Gasteiger partial charge on any atom is -0.447 e. The molecule has 0 amide bonds. The number of allylic oxidation sites excluding steroid dienone is 1. The molecule has 0 spiro atoms. The first kappa shape index (κ1) is 12.1. The Hall–Kier alpha value is -1.32. The Morgan fingerprint density at radius 2 is 1.94 bits per heavy atom. The molecule has 0 aliphatic carbocycles. The van der Waals surface area contributed by atoms with E-state index in [9.17, 15) is 4.39 Å². The smallest absolute Gasteiger partial charge is 0.181 e. The van der Waals surface area contributed by atoms with Crippen LogP contribution in [0.1, 0.15) is 4.88 Å². The lowest BCUT2D eigenvalue weighted by atomic mass is 10.3. The molecule has 0 saturated heterocycles. The maximum absolute atomic E-state index is 12.7. The Morgan fingerprint density at radius 3 is 2.59 bits per heavy atom. The van der Waals surface area contributed by atoms with Crippen LogP contribution in [0.4, 0.5) is 4.39 Å². The molecule has 0 fully saturated rings. The van der Waals surface area contributed by atoms with Gasteiger partial charge in [0.25, 0.3) is 0 Å². The van der Waals surface area contributed by atoms with Crippen molar-refractivity contribution in [2.24, 2.45) is 0 Å². The SMILES string of the molecule is C=C(Cl)Cc1ccc(Oc2ccc(F)cc2)s1. The summed E-state index contributed by atoms with van der Waals surface area (Å²) in [6.45, 7) is 3.64. The maximum Gasteiger partial charge on any atom is 0.181 e. The standard InChI is InChI=1S/C13H10ClFOS/c1-9(14)8-12-6-7-13(17-12)16-11-4-2-10(15)3-5-11/h2-7H,1,8H2. The number of hydrogen-bond acceptors (Lipinski definition) is 2. The van der Waals surface area contributed by atoms with Gasteiger partial charge in [-0.25, -0.2) is 4.39 Å². The van der Waals surface area contributed by atoms with Gasteiger partial charge in [-0.1, -0.05) is 18.2 Å². The number of hydrogen-bond donors (Lipinski definition) is 0. The zero-order valence-electron chi connectivity index (χ0n) is 8.95. The van der Waals surface area contributed by atoms with E-state index < -0.39 is 0 Å². The van der Waals surface area contributed by atoms with Crippen molar-refractivity contribution in [3.63, 3.8) is 0 Å². The summed E-state index contributed by atoms with van der Waals surface area (Å²) in [4.78, 5) is 1.09. The van der Waals surface area contributed by atoms with Gasteiger partial charge in [-0.05, 0) is 36.4 Å². The second kappa shape index (κ2) is 5.34.